The Morgan fingerprint density at radius 3 is 2.21 bits per heavy atom. The summed E-state index contributed by atoms with van der Waals surface area (Å²) < 4.78 is 11.3. The number of carbonyl (C=O) groups is 1. The number of rotatable bonds is 8. The molecule has 11 nitrogen and oxygen atoms in total. The highest BCUT2D eigenvalue weighted by Crippen LogP contribution is 2.27. The van der Waals surface area contributed by atoms with Crippen molar-refractivity contribution in [1.82, 2.24) is 15.0 Å². The molecule has 33 heavy (non-hydrogen) atoms. The number of aromatic nitrogens is 3. The standard InChI is InChI=1S/C22H15N5O6/c28-19(29)14-6-4-7-15(12-14)23-20-24-21(32-17-9-2-1-3-10-17)26-22(25-20)33-18-11-5-8-16(13-18)27(30)31/h1-13H,(H,28,29)(H,23,24,25,26). The number of para-hydroxylation sites is 1. The quantitative estimate of drug-likeness (QED) is 0.286. The second kappa shape index (κ2) is 9.39. The van der Waals surface area contributed by atoms with Crippen molar-refractivity contribution in [3.05, 3.63) is 94.5 Å². The summed E-state index contributed by atoms with van der Waals surface area (Å²) in [7, 11) is 0. The highest BCUT2D eigenvalue weighted by molar-refractivity contribution is 5.89. The number of carboxylic acids is 1. The molecule has 0 bridgehead atoms. The van der Waals surface area contributed by atoms with E-state index in [9.17, 15) is 20.0 Å². The van der Waals surface area contributed by atoms with Crippen molar-refractivity contribution in [1.29, 1.82) is 0 Å². The molecule has 0 aliphatic heterocycles. The molecule has 0 aliphatic rings. The van der Waals surface area contributed by atoms with E-state index in [2.05, 4.69) is 20.3 Å². The summed E-state index contributed by atoms with van der Waals surface area (Å²) in [5, 5.41) is 23.1. The summed E-state index contributed by atoms with van der Waals surface area (Å²) in [5.41, 5.74) is 0.321. The molecule has 1 heterocycles. The number of hydrogen-bond acceptors (Lipinski definition) is 9. The monoisotopic (exact) mass is 445 g/mol. The van der Waals surface area contributed by atoms with Gasteiger partial charge in [-0.05, 0) is 36.4 Å². The maximum absolute atomic E-state index is 11.2. The van der Waals surface area contributed by atoms with E-state index in [0.29, 0.717) is 11.4 Å². The van der Waals surface area contributed by atoms with Gasteiger partial charge in [-0.1, -0.05) is 30.3 Å². The van der Waals surface area contributed by atoms with Crippen LogP contribution in [-0.2, 0) is 0 Å². The molecule has 2 N–H and O–H groups in total. The van der Waals surface area contributed by atoms with Gasteiger partial charge >= 0.3 is 18.0 Å². The molecule has 0 unspecified atom stereocenters. The Balaban J connectivity index is 1.67. The third kappa shape index (κ3) is 5.55. The predicted octanol–water partition coefficient (Wildman–Crippen LogP) is 4.81. The largest absolute Gasteiger partial charge is 0.478 e. The van der Waals surface area contributed by atoms with Crippen LogP contribution >= 0.6 is 0 Å². The molecule has 0 amide bonds. The second-order valence-electron chi connectivity index (χ2n) is 6.51. The number of ether oxygens (including phenoxy) is 2. The molecule has 0 radical (unpaired) electrons. The van der Waals surface area contributed by atoms with Gasteiger partial charge in [0.25, 0.3) is 5.69 Å². The zero-order valence-corrected chi connectivity index (χ0v) is 16.8. The molecule has 0 aliphatic carbocycles. The van der Waals surface area contributed by atoms with E-state index in [0.717, 1.165) is 0 Å². The maximum atomic E-state index is 11.2. The first kappa shape index (κ1) is 21.2. The summed E-state index contributed by atoms with van der Waals surface area (Å²) >= 11 is 0. The second-order valence-corrected chi connectivity index (χ2v) is 6.51. The van der Waals surface area contributed by atoms with Gasteiger partial charge in [0.2, 0.25) is 5.95 Å². The van der Waals surface area contributed by atoms with Crippen molar-refractivity contribution >= 4 is 23.3 Å². The van der Waals surface area contributed by atoms with Crippen LogP contribution in [0.15, 0.2) is 78.9 Å². The number of nitro groups is 1. The number of nitrogens with one attached hydrogen (secondary N) is 1. The molecule has 1 aromatic heterocycles. The summed E-state index contributed by atoms with van der Waals surface area (Å²) in [4.78, 5) is 34.2. The molecular formula is C22H15N5O6. The van der Waals surface area contributed by atoms with E-state index in [1.165, 1.54) is 36.4 Å². The van der Waals surface area contributed by atoms with E-state index in [4.69, 9.17) is 9.47 Å². The van der Waals surface area contributed by atoms with Crippen molar-refractivity contribution in [2.24, 2.45) is 0 Å². The molecule has 11 heteroatoms. The van der Waals surface area contributed by atoms with E-state index in [1.807, 2.05) is 6.07 Å². The van der Waals surface area contributed by atoms with Gasteiger partial charge in [0, 0.05) is 11.8 Å². The van der Waals surface area contributed by atoms with Crippen molar-refractivity contribution in [2.75, 3.05) is 5.32 Å². The molecule has 3 aromatic carbocycles. The van der Waals surface area contributed by atoms with Crippen LogP contribution in [0.3, 0.4) is 0 Å². The molecule has 164 valence electrons. The van der Waals surface area contributed by atoms with Crippen molar-refractivity contribution in [3.8, 4) is 23.5 Å². The predicted molar refractivity (Wildman–Crippen MR) is 116 cm³/mol. The van der Waals surface area contributed by atoms with Gasteiger partial charge in [0.05, 0.1) is 16.6 Å². The average molecular weight is 445 g/mol. The highest BCUT2D eigenvalue weighted by atomic mass is 16.6. The zero-order valence-electron chi connectivity index (χ0n) is 16.8. The number of anilines is 2. The van der Waals surface area contributed by atoms with Gasteiger partial charge in [-0.15, -0.1) is 4.98 Å². The Morgan fingerprint density at radius 1 is 0.848 bits per heavy atom. The first-order valence-corrected chi connectivity index (χ1v) is 9.48. The Bertz CT molecular complexity index is 1240. The van der Waals surface area contributed by atoms with Gasteiger partial charge in [-0.2, -0.15) is 9.97 Å². The minimum atomic E-state index is -1.09. The number of non-ortho nitro benzene ring substituents is 1. The Labute approximate surface area is 186 Å². The van der Waals surface area contributed by atoms with Crippen LogP contribution in [-0.4, -0.2) is 31.0 Å². The number of nitro benzene ring substituents is 1. The van der Waals surface area contributed by atoms with E-state index < -0.39 is 10.9 Å². The first-order chi connectivity index (χ1) is 16.0. The fraction of sp³-hybridized carbons (Fsp3) is 0. The van der Waals surface area contributed by atoms with Crippen molar-refractivity contribution < 1.29 is 24.3 Å². The summed E-state index contributed by atoms with van der Waals surface area (Å²) in [5.74, 6) is -0.472. The van der Waals surface area contributed by atoms with E-state index >= 15 is 0 Å². The summed E-state index contributed by atoms with van der Waals surface area (Å²) in [6, 6.07) is 20.1. The molecule has 4 rings (SSSR count). The normalized spacial score (nSPS) is 10.3. The Kier molecular flexibility index (Phi) is 6.03. The van der Waals surface area contributed by atoms with Gasteiger partial charge in [0.1, 0.15) is 11.5 Å². The zero-order chi connectivity index (χ0) is 23.2. The topological polar surface area (TPSA) is 150 Å². The molecule has 0 spiro atoms. The number of carboxylic acid groups (broad SMARTS) is 1. The number of aromatic carboxylic acids is 1. The SMILES string of the molecule is O=C(O)c1cccc(Nc2nc(Oc3ccccc3)nc(Oc3cccc([N+](=O)[O-])c3)n2)c1. The van der Waals surface area contributed by atoms with Crippen LogP contribution in [0.2, 0.25) is 0 Å². The van der Waals surface area contributed by atoms with Crippen LogP contribution in [0.25, 0.3) is 0 Å². The van der Waals surface area contributed by atoms with Crippen molar-refractivity contribution in [2.45, 2.75) is 0 Å². The molecule has 0 atom stereocenters. The third-order valence-corrected chi connectivity index (χ3v) is 4.15. The summed E-state index contributed by atoms with van der Waals surface area (Å²) in [6.07, 6.45) is 0. The van der Waals surface area contributed by atoms with E-state index in [1.54, 1.807) is 36.4 Å². The van der Waals surface area contributed by atoms with Gasteiger partial charge in [-0.3, -0.25) is 10.1 Å². The Hall–Kier alpha value is -5.06. The third-order valence-electron chi connectivity index (χ3n) is 4.15. The molecule has 0 fully saturated rings. The molecular weight excluding hydrogens is 430 g/mol. The molecule has 4 aromatic rings. The minimum absolute atomic E-state index is 0.0129. The summed E-state index contributed by atoms with van der Waals surface area (Å²) in [6.45, 7) is 0. The fourth-order valence-corrected chi connectivity index (χ4v) is 2.70. The van der Waals surface area contributed by atoms with Gasteiger partial charge in [0.15, 0.2) is 0 Å². The van der Waals surface area contributed by atoms with Crippen LogP contribution in [0.5, 0.6) is 23.5 Å². The number of nitrogens with zero attached hydrogens (tertiary/aromatic N) is 4. The lowest BCUT2D eigenvalue weighted by molar-refractivity contribution is -0.384. The number of hydrogen-bond donors (Lipinski definition) is 2. The van der Waals surface area contributed by atoms with E-state index in [-0.39, 0.29) is 35.0 Å². The number of benzene rings is 3. The lowest BCUT2D eigenvalue weighted by Gasteiger charge is -2.10. The average Bonchev–Trinajstić information content (AvgIpc) is 2.80. The van der Waals surface area contributed by atoms with Gasteiger partial charge < -0.3 is 19.9 Å². The van der Waals surface area contributed by atoms with Crippen LogP contribution in [0, 0.1) is 10.1 Å². The smallest absolute Gasteiger partial charge is 0.335 e. The first-order valence-electron chi connectivity index (χ1n) is 9.48. The van der Waals surface area contributed by atoms with Crippen molar-refractivity contribution in [3.63, 3.8) is 0 Å². The Morgan fingerprint density at radius 2 is 1.52 bits per heavy atom. The van der Waals surface area contributed by atoms with Gasteiger partial charge in [-0.25, -0.2) is 4.79 Å². The van der Waals surface area contributed by atoms with Crippen LogP contribution in [0.4, 0.5) is 17.3 Å². The molecule has 0 saturated heterocycles. The maximum Gasteiger partial charge on any atom is 0.335 e. The highest BCUT2D eigenvalue weighted by Gasteiger charge is 2.14. The minimum Gasteiger partial charge on any atom is -0.478 e. The van der Waals surface area contributed by atoms with Crippen LogP contribution < -0.4 is 14.8 Å². The molecule has 0 saturated carbocycles. The fourth-order valence-electron chi connectivity index (χ4n) is 2.70. The lowest BCUT2D eigenvalue weighted by Crippen LogP contribution is -2.04. The lowest BCUT2D eigenvalue weighted by atomic mass is 10.2. The van der Waals surface area contributed by atoms with Crippen LogP contribution in [0.1, 0.15) is 10.4 Å².